The summed E-state index contributed by atoms with van der Waals surface area (Å²) in [5.41, 5.74) is 7.51. The van der Waals surface area contributed by atoms with Gasteiger partial charge in [-0.2, -0.15) is 18.3 Å². The van der Waals surface area contributed by atoms with Gasteiger partial charge in [0.25, 0.3) is 5.91 Å². The van der Waals surface area contributed by atoms with Gasteiger partial charge < -0.3 is 21.3 Å². The van der Waals surface area contributed by atoms with Crippen LogP contribution in [0.4, 0.5) is 30.2 Å². The molecule has 0 bridgehead atoms. The Hall–Kier alpha value is -3.12. The maximum atomic E-state index is 13.0. The monoisotopic (exact) mass is 505 g/mol. The molecule has 0 unspecified atom stereocenters. The number of hydrogen-bond donors (Lipinski definition) is 4. The van der Waals surface area contributed by atoms with Crippen molar-refractivity contribution in [1.82, 2.24) is 20.5 Å². The van der Waals surface area contributed by atoms with Gasteiger partial charge in [0.2, 0.25) is 0 Å². The maximum absolute atomic E-state index is 13.0. The number of aromatic nitrogens is 3. The summed E-state index contributed by atoms with van der Waals surface area (Å²) in [4.78, 5) is 19.4. The fraction of sp³-hybridized carbons (Fsp3) is 0.435. The van der Waals surface area contributed by atoms with Gasteiger partial charge in [-0.15, -0.1) is 11.3 Å². The summed E-state index contributed by atoms with van der Waals surface area (Å²) in [6.45, 7) is 3.91. The molecule has 2 saturated heterocycles. The lowest BCUT2D eigenvalue weighted by atomic mass is 9.73. The number of carbonyl (C=O) groups is 1. The largest absolute Gasteiger partial charge is 0.432 e. The highest BCUT2D eigenvalue weighted by Gasteiger charge is 2.36. The topological polar surface area (TPSA) is 112 Å². The number of amides is 1. The van der Waals surface area contributed by atoms with Crippen molar-refractivity contribution in [3.63, 3.8) is 0 Å². The Morgan fingerprint density at radius 2 is 2.00 bits per heavy atom. The zero-order chi connectivity index (χ0) is 24.6. The van der Waals surface area contributed by atoms with Crippen molar-refractivity contribution in [1.29, 1.82) is 0 Å². The molecule has 2 aliphatic rings. The second kappa shape index (κ2) is 9.15. The molecule has 186 valence electrons. The summed E-state index contributed by atoms with van der Waals surface area (Å²) in [6.07, 6.45) is 0.0713. The summed E-state index contributed by atoms with van der Waals surface area (Å²) in [6, 6.07) is 6.32. The van der Waals surface area contributed by atoms with Crippen molar-refractivity contribution in [3.8, 4) is 10.7 Å². The molecule has 4 heterocycles. The minimum absolute atomic E-state index is 0.0328. The molecule has 12 heteroatoms. The van der Waals surface area contributed by atoms with E-state index < -0.39 is 17.8 Å². The highest BCUT2D eigenvalue weighted by atomic mass is 32.1. The predicted octanol–water partition coefficient (Wildman–Crippen LogP) is 4.36. The highest BCUT2D eigenvalue weighted by Crippen LogP contribution is 2.40. The fourth-order valence-corrected chi connectivity index (χ4v) is 5.63. The number of alkyl halides is 3. The van der Waals surface area contributed by atoms with Crippen LogP contribution in [-0.4, -0.2) is 47.3 Å². The van der Waals surface area contributed by atoms with Crippen LogP contribution in [0, 0.1) is 5.41 Å². The molecular weight excluding hydrogens is 479 g/mol. The van der Waals surface area contributed by atoms with E-state index in [1.54, 1.807) is 6.07 Å². The molecule has 1 spiro atoms. The molecule has 35 heavy (non-hydrogen) atoms. The van der Waals surface area contributed by atoms with Crippen molar-refractivity contribution in [2.45, 2.75) is 31.9 Å². The molecule has 2 aromatic heterocycles. The van der Waals surface area contributed by atoms with E-state index in [1.807, 2.05) is 17.2 Å². The molecule has 0 atom stereocenters. The first kappa shape index (κ1) is 23.6. The molecule has 5 N–H and O–H groups in total. The summed E-state index contributed by atoms with van der Waals surface area (Å²) in [5.74, 6) is -0.462. The zero-order valence-electron chi connectivity index (χ0n) is 18.9. The number of nitrogens with two attached hydrogens (primary N) is 1. The second-order valence-electron chi connectivity index (χ2n) is 9.20. The highest BCUT2D eigenvalue weighted by molar-refractivity contribution is 7.13. The average molecular weight is 506 g/mol. The van der Waals surface area contributed by atoms with Crippen LogP contribution < -0.4 is 21.3 Å². The number of nitrogens with one attached hydrogen (secondary N) is 3. The van der Waals surface area contributed by atoms with Crippen molar-refractivity contribution in [3.05, 3.63) is 41.0 Å². The van der Waals surface area contributed by atoms with Crippen molar-refractivity contribution in [2.75, 3.05) is 42.1 Å². The van der Waals surface area contributed by atoms with Gasteiger partial charge in [-0.3, -0.25) is 9.89 Å². The SMILES string of the molecule is Nc1ccc(N2CCC3(CCCNC3)CC2)c(NC(=O)c2csc(-c3cc(C(F)(F)F)[nH]n3)n2)c1. The third-order valence-electron chi connectivity index (χ3n) is 6.83. The van der Waals surface area contributed by atoms with E-state index in [0.29, 0.717) is 16.8 Å². The lowest BCUT2D eigenvalue weighted by Crippen LogP contribution is -2.48. The molecule has 0 radical (unpaired) electrons. The molecule has 0 aliphatic carbocycles. The Morgan fingerprint density at radius 1 is 1.20 bits per heavy atom. The molecule has 2 aliphatic heterocycles. The number of piperidine rings is 2. The van der Waals surface area contributed by atoms with Crippen LogP contribution >= 0.6 is 11.3 Å². The van der Waals surface area contributed by atoms with Crippen LogP contribution in [0.25, 0.3) is 10.7 Å². The van der Waals surface area contributed by atoms with Crippen molar-refractivity contribution >= 4 is 34.3 Å². The van der Waals surface area contributed by atoms with Gasteiger partial charge in [-0.05, 0) is 61.9 Å². The number of halogens is 3. The number of nitrogen functional groups attached to an aromatic ring is 1. The first-order valence-corrected chi connectivity index (χ1v) is 12.4. The molecule has 8 nitrogen and oxygen atoms in total. The van der Waals surface area contributed by atoms with E-state index >= 15 is 0 Å². The molecule has 5 rings (SSSR count). The van der Waals surface area contributed by atoms with Gasteiger partial charge in [0.15, 0.2) is 0 Å². The van der Waals surface area contributed by atoms with Crippen molar-refractivity contribution in [2.24, 2.45) is 5.41 Å². The van der Waals surface area contributed by atoms with Gasteiger partial charge in [0, 0.05) is 30.7 Å². The zero-order valence-corrected chi connectivity index (χ0v) is 19.7. The minimum Gasteiger partial charge on any atom is -0.399 e. The number of carbonyl (C=O) groups excluding carboxylic acids is 1. The Bertz CT molecular complexity index is 1210. The summed E-state index contributed by atoms with van der Waals surface area (Å²) in [7, 11) is 0. The van der Waals surface area contributed by atoms with Gasteiger partial charge >= 0.3 is 6.18 Å². The number of anilines is 3. The lowest BCUT2D eigenvalue weighted by Gasteiger charge is -2.45. The Kier molecular flexibility index (Phi) is 6.18. The van der Waals surface area contributed by atoms with Crippen LogP contribution in [0.1, 0.15) is 41.9 Å². The molecular formula is C23H26F3N7OS. The van der Waals surface area contributed by atoms with Crippen LogP contribution in [0.2, 0.25) is 0 Å². The Labute approximate surface area is 204 Å². The molecule has 1 aromatic carbocycles. The number of hydrogen-bond acceptors (Lipinski definition) is 7. The summed E-state index contributed by atoms with van der Waals surface area (Å²) >= 11 is 1.05. The number of benzene rings is 1. The molecule has 2 fully saturated rings. The van der Waals surface area contributed by atoms with Gasteiger partial charge in [0.1, 0.15) is 22.1 Å². The van der Waals surface area contributed by atoms with Gasteiger partial charge in [-0.1, -0.05) is 0 Å². The summed E-state index contributed by atoms with van der Waals surface area (Å²) < 4.78 is 38.6. The van der Waals surface area contributed by atoms with Crippen molar-refractivity contribution < 1.29 is 18.0 Å². The van der Waals surface area contributed by atoms with Gasteiger partial charge in [0.05, 0.1) is 11.4 Å². The number of rotatable bonds is 4. The van der Waals surface area contributed by atoms with E-state index in [1.165, 1.54) is 18.2 Å². The van der Waals surface area contributed by atoms with Crippen LogP contribution in [0.5, 0.6) is 0 Å². The maximum Gasteiger partial charge on any atom is 0.432 e. The standard InChI is InChI=1S/C23H26F3N7OS/c24-23(25,26)19-11-16(31-32-19)21-30-17(12-35-21)20(34)29-15-10-14(27)2-3-18(15)33-8-5-22(6-9-33)4-1-7-28-13-22/h2-3,10-12,28H,1,4-9,13,27H2,(H,29,34)(H,31,32). The lowest BCUT2D eigenvalue weighted by molar-refractivity contribution is -0.141. The quantitative estimate of drug-likeness (QED) is 0.392. The number of aromatic amines is 1. The summed E-state index contributed by atoms with van der Waals surface area (Å²) in [5, 5.41) is 13.8. The number of thiazole rings is 1. The Morgan fingerprint density at radius 3 is 2.69 bits per heavy atom. The smallest absolute Gasteiger partial charge is 0.399 e. The van der Waals surface area contributed by atoms with E-state index in [2.05, 4.69) is 25.6 Å². The van der Waals surface area contributed by atoms with E-state index in [-0.39, 0.29) is 16.4 Å². The molecule has 1 amide bonds. The third kappa shape index (κ3) is 4.98. The average Bonchev–Trinajstić information content (AvgIpc) is 3.51. The normalized spacial score (nSPS) is 18.1. The van der Waals surface area contributed by atoms with E-state index in [4.69, 9.17) is 5.73 Å². The van der Waals surface area contributed by atoms with Crippen LogP contribution in [0.15, 0.2) is 29.6 Å². The number of H-pyrrole nitrogens is 1. The van der Waals surface area contributed by atoms with Crippen LogP contribution in [0.3, 0.4) is 0 Å². The Balaban J connectivity index is 1.30. The fourth-order valence-electron chi connectivity index (χ4n) is 4.87. The molecule has 3 aromatic rings. The number of nitrogens with zero attached hydrogens (tertiary/aromatic N) is 3. The van der Waals surface area contributed by atoms with E-state index in [0.717, 1.165) is 62.1 Å². The first-order valence-electron chi connectivity index (χ1n) is 11.5. The first-order chi connectivity index (χ1) is 16.7. The second-order valence-corrected chi connectivity index (χ2v) is 10.1. The third-order valence-corrected chi connectivity index (χ3v) is 7.70. The van der Waals surface area contributed by atoms with Crippen LogP contribution in [-0.2, 0) is 6.18 Å². The predicted molar refractivity (Wildman–Crippen MR) is 129 cm³/mol. The van der Waals surface area contributed by atoms with Gasteiger partial charge in [-0.25, -0.2) is 4.98 Å². The van der Waals surface area contributed by atoms with E-state index in [9.17, 15) is 18.0 Å². The molecule has 0 saturated carbocycles. The minimum atomic E-state index is -4.53.